The van der Waals surface area contributed by atoms with Crippen LogP contribution in [0, 0.1) is 11.8 Å². The van der Waals surface area contributed by atoms with E-state index in [0.29, 0.717) is 17.5 Å². The van der Waals surface area contributed by atoms with Crippen LogP contribution in [-0.4, -0.2) is 35.0 Å². The summed E-state index contributed by atoms with van der Waals surface area (Å²) < 4.78 is 6.24. The van der Waals surface area contributed by atoms with Gasteiger partial charge in [-0.05, 0) is 42.3 Å². The number of nitrogens with zero attached hydrogens (tertiary/aromatic N) is 2. The van der Waals surface area contributed by atoms with E-state index in [1.165, 1.54) is 0 Å². The number of carbonyl (C=O) groups excluding carboxylic acids is 1. The number of carbonyl (C=O) groups is 1. The standard InChI is InChI=1S/C23H22N2O2/c26-23(22-19-9-5-4-6-16(19)12-13-24-22)25-14-17-10-11-21(20(17)15-25)27-18-7-2-1-3-8-18/h1-9,12-13,17,20-21H,10-11,14-15H2/t17-,20+,21-/m0/s1. The van der Waals surface area contributed by atoms with Crippen LogP contribution in [0.3, 0.4) is 0 Å². The molecule has 2 heterocycles. The molecular formula is C23H22N2O2. The van der Waals surface area contributed by atoms with Crippen molar-refractivity contribution in [3.8, 4) is 5.75 Å². The van der Waals surface area contributed by atoms with Crippen LogP contribution in [0.5, 0.6) is 5.75 Å². The Balaban J connectivity index is 1.35. The molecule has 1 aromatic heterocycles. The molecule has 1 aliphatic heterocycles. The molecule has 0 N–H and O–H groups in total. The molecule has 1 amide bonds. The van der Waals surface area contributed by atoms with E-state index >= 15 is 0 Å². The summed E-state index contributed by atoms with van der Waals surface area (Å²) in [5.41, 5.74) is 0.564. The molecule has 0 radical (unpaired) electrons. The largest absolute Gasteiger partial charge is 0.490 e. The van der Waals surface area contributed by atoms with Crippen LogP contribution in [0.4, 0.5) is 0 Å². The Hall–Kier alpha value is -2.88. The molecule has 2 aliphatic rings. The molecular weight excluding hydrogens is 336 g/mol. The van der Waals surface area contributed by atoms with Gasteiger partial charge in [0, 0.05) is 30.6 Å². The van der Waals surface area contributed by atoms with E-state index in [9.17, 15) is 4.79 Å². The van der Waals surface area contributed by atoms with Gasteiger partial charge in [-0.25, -0.2) is 0 Å². The van der Waals surface area contributed by atoms with E-state index in [1.54, 1.807) is 6.20 Å². The lowest BCUT2D eigenvalue weighted by Gasteiger charge is -2.22. The van der Waals surface area contributed by atoms with Gasteiger partial charge in [-0.1, -0.05) is 42.5 Å². The van der Waals surface area contributed by atoms with Gasteiger partial charge < -0.3 is 9.64 Å². The fourth-order valence-electron chi connectivity index (χ4n) is 4.64. The number of rotatable bonds is 3. The van der Waals surface area contributed by atoms with Crippen molar-refractivity contribution in [2.24, 2.45) is 11.8 Å². The van der Waals surface area contributed by atoms with Gasteiger partial charge in [0.05, 0.1) is 0 Å². The molecule has 27 heavy (non-hydrogen) atoms. The number of amides is 1. The summed E-state index contributed by atoms with van der Waals surface area (Å²) in [4.78, 5) is 19.6. The second-order valence-corrected chi connectivity index (χ2v) is 7.56. The molecule has 3 atom stereocenters. The Morgan fingerprint density at radius 3 is 2.67 bits per heavy atom. The van der Waals surface area contributed by atoms with Crippen LogP contribution >= 0.6 is 0 Å². The van der Waals surface area contributed by atoms with Crippen molar-refractivity contribution in [3.63, 3.8) is 0 Å². The lowest BCUT2D eigenvalue weighted by Crippen LogP contribution is -2.33. The molecule has 0 spiro atoms. The Bertz CT molecular complexity index is 967. The first kappa shape index (κ1) is 16.3. The maximum Gasteiger partial charge on any atom is 0.273 e. The molecule has 1 saturated carbocycles. The summed E-state index contributed by atoms with van der Waals surface area (Å²) in [5.74, 6) is 1.89. The quantitative estimate of drug-likeness (QED) is 0.706. The summed E-state index contributed by atoms with van der Waals surface area (Å²) in [6, 6.07) is 19.9. The predicted octanol–water partition coefficient (Wildman–Crippen LogP) is 4.16. The van der Waals surface area contributed by atoms with Crippen LogP contribution in [0.15, 0.2) is 66.9 Å². The molecule has 1 saturated heterocycles. The fraction of sp³-hybridized carbons (Fsp3) is 0.304. The number of hydrogen-bond donors (Lipinski definition) is 0. The van der Waals surface area contributed by atoms with Gasteiger partial charge in [-0.15, -0.1) is 0 Å². The second-order valence-electron chi connectivity index (χ2n) is 7.56. The van der Waals surface area contributed by atoms with Crippen molar-refractivity contribution >= 4 is 16.7 Å². The fourth-order valence-corrected chi connectivity index (χ4v) is 4.64. The number of fused-ring (bicyclic) bond motifs is 2. The highest BCUT2D eigenvalue weighted by molar-refractivity contribution is 6.05. The van der Waals surface area contributed by atoms with Crippen molar-refractivity contribution in [1.29, 1.82) is 0 Å². The number of pyridine rings is 1. The van der Waals surface area contributed by atoms with Crippen molar-refractivity contribution in [3.05, 3.63) is 72.6 Å². The average Bonchev–Trinajstić information content (AvgIpc) is 3.30. The van der Waals surface area contributed by atoms with E-state index in [4.69, 9.17) is 4.74 Å². The summed E-state index contributed by atoms with van der Waals surface area (Å²) in [6.07, 6.45) is 4.11. The maximum absolute atomic E-state index is 13.2. The van der Waals surface area contributed by atoms with Crippen LogP contribution in [0.25, 0.3) is 10.8 Å². The van der Waals surface area contributed by atoms with Gasteiger partial charge in [-0.2, -0.15) is 0 Å². The first-order valence-electron chi connectivity index (χ1n) is 9.64. The Kier molecular flexibility index (Phi) is 4.04. The van der Waals surface area contributed by atoms with E-state index in [0.717, 1.165) is 42.5 Å². The molecule has 3 aromatic rings. The van der Waals surface area contributed by atoms with E-state index < -0.39 is 0 Å². The van der Waals surface area contributed by atoms with Crippen LogP contribution in [-0.2, 0) is 0 Å². The topological polar surface area (TPSA) is 42.4 Å². The molecule has 4 nitrogen and oxygen atoms in total. The molecule has 136 valence electrons. The van der Waals surface area contributed by atoms with Gasteiger partial charge in [0.2, 0.25) is 0 Å². The predicted molar refractivity (Wildman–Crippen MR) is 105 cm³/mol. The SMILES string of the molecule is O=C(c1nccc2ccccc12)N1C[C@@H]2CC[C@H](Oc3ccccc3)[C@@H]2C1. The smallest absolute Gasteiger partial charge is 0.273 e. The highest BCUT2D eigenvalue weighted by Crippen LogP contribution is 2.40. The van der Waals surface area contributed by atoms with Crippen LogP contribution in [0.2, 0.25) is 0 Å². The minimum absolute atomic E-state index is 0.0414. The number of benzene rings is 2. The summed E-state index contributed by atoms with van der Waals surface area (Å²) in [5, 5.41) is 1.99. The molecule has 4 heteroatoms. The average molecular weight is 358 g/mol. The number of likely N-dealkylation sites (tertiary alicyclic amines) is 1. The Morgan fingerprint density at radius 2 is 1.78 bits per heavy atom. The van der Waals surface area contributed by atoms with E-state index in [-0.39, 0.29) is 12.0 Å². The maximum atomic E-state index is 13.2. The number of para-hydroxylation sites is 1. The first-order chi connectivity index (χ1) is 13.3. The third-order valence-corrected chi connectivity index (χ3v) is 5.99. The summed E-state index contributed by atoms with van der Waals surface area (Å²) >= 11 is 0. The zero-order valence-electron chi connectivity index (χ0n) is 15.1. The lowest BCUT2D eigenvalue weighted by atomic mass is 9.99. The number of ether oxygens (including phenoxy) is 1. The highest BCUT2D eigenvalue weighted by Gasteiger charge is 2.45. The van der Waals surface area contributed by atoms with Gasteiger partial charge in [-0.3, -0.25) is 9.78 Å². The zero-order chi connectivity index (χ0) is 18.2. The summed E-state index contributed by atoms with van der Waals surface area (Å²) in [6.45, 7) is 1.56. The normalized spacial score (nSPS) is 24.1. The molecule has 2 fully saturated rings. The van der Waals surface area contributed by atoms with Crippen molar-refractivity contribution in [2.75, 3.05) is 13.1 Å². The Morgan fingerprint density at radius 1 is 0.963 bits per heavy atom. The van der Waals surface area contributed by atoms with Gasteiger partial charge >= 0.3 is 0 Å². The van der Waals surface area contributed by atoms with E-state index in [2.05, 4.69) is 4.98 Å². The monoisotopic (exact) mass is 358 g/mol. The van der Waals surface area contributed by atoms with Crippen molar-refractivity contribution in [1.82, 2.24) is 9.88 Å². The molecule has 0 bridgehead atoms. The van der Waals surface area contributed by atoms with Gasteiger partial charge in [0.25, 0.3) is 5.91 Å². The third-order valence-electron chi connectivity index (χ3n) is 5.99. The number of hydrogen-bond acceptors (Lipinski definition) is 3. The highest BCUT2D eigenvalue weighted by atomic mass is 16.5. The first-order valence-corrected chi connectivity index (χ1v) is 9.64. The lowest BCUT2D eigenvalue weighted by molar-refractivity contribution is 0.0759. The minimum Gasteiger partial charge on any atom is -0.490 e. The Labute approximate surface area is 158 Å². The molecule has 2 aromatic carbocycles. The van der Waals surface area contributed by atoms with E-state index in [1.807, 2.05) is 65.6 Å². The van der Waals surface area contributed by atoms with Crippen molar-refractivity contribution < 1.29 is 9.53 Å². The van der Waals surface area contributed by atoms with Crippen molar-refractivity contribution in [2.45, 2.75) is 18.9 Å². The second kappa shape index (κ2) is 6.69. The zero-order valence-corrected chi connectivity index (χ0v) is 15.1. The summed E-state index contributed by atoms with van der Waals surface area (Å²) in [7, 11) is 0. The molecule has 1 aliphatic carbocycles. The van der Waals surface area contributed by atoms with Gasteiger partial charge in [0.15, 0.2) is 0 Å². The molecule has 5 rings (SSSR count). The van der Waals surface area contributed by atoms with Gasteiger partial charge in [0.1, 0.15) is 17.5 Å². The third kappa shape index (κ3) is 2.95. The van der Waals surface area contributed by atoms with Crippen LogP contribution in [0.1, 0.15) is 23.3 Å². The minimum atomic E-state index is 0.0414. The number of aromatic nitrogens is 1. The molecule has 0 unspecified atom stereocenters. The van der Waals surface area contributed by atoms with Crippen LogP contribution < -0.4 is 4.74 Å².